The van der Waals surface area contributed by atoms with Crippen LogP contribution < -0.4 is 5.32 Å². The largest absolute Gasteiger partial charge is 0.396 e. The lowest BCUT2D eigenvalue weighted by Crippen LogP contribution is -2.26. The van der Waals surface area contributed by atoms with Crippen molar-refractivity contribution in [2.45, 2.75) is 39.7 Å². The second-order valence-electron chi connectivity index (χ2n) is 5.69. The molecule has 0 aromatic heterocycles. The van der Waals surface area contributed by atoms with E-state index in [0.29, 0.717) is 18.4 Å². The molecular formula is C16H25NO. The highest BCUT2D eigenvalue weighted by molar-refractivity contribution is 5.30. The monoisotopic (exact) mass is 247 g/mol. The molecule has 2 nitrogen and oxygen atoms in total. The van der Waals surface area contributed by atoms with Crippen molar-refractivity contribution in [3.63, 3.8) is 0 Å². The first kappa shape index (κ1) is 13.6. The van der Waals surface area contributed by atoms with Crippen molar-refractivity contribution in [3.05, 3.63) is 34.9 Å². The minimum atomic E-state index is 0.357. The third-order valence-electron chi connectivity index (χ3n) is 4.27. The van der Waals surface area contributed by atoms with Gasteiger partial charge in [0.1, 0.15) is 0 Å². The molecule has 2 unspecified atom stereocenters. The van der Waals surface area contributed by atoms with Crippen LogP contribution in [0.5, 0.6) is 0 Å². The maximum absolute atomic E-state index is 9.30. The van der Waals surface area contributed by atoms with Gasteiger partial charge in [-0.1, -0.05) is 30.2 Å². The normalized spacial score (nSPS) is 23.5. The number of rotatable bonds is 5. The van der Waals surface area contributed by atoms with Crippen LogP contribution in [-0.2, 0) is 6.54 Å². The van der Waals surface area contributed by atoms with E-state index in [9.17, 15) is 5.11 Å². The Morgan fingerprint density at radius 1 is 1.22 bits per heavy atom. The fourth-order valence-electron chi connectivity index (χ4n) is 3.06. The molecule has 1 aliphatic carbocycles. The van der Waals surface area contributed by atoms with Crippen molar-refractivity contribution in [3.8, 4) is 0 Å². The zero-order valence-electron chi connectivity index (χ0n) is 11.6. The van der Waals surface area contributed by atoms with Crippen molar-refractivity contribution < 1.29 is 5.11 Å². The molecule has 100 valence electrons. The van der Waals surface area contributed by atoms with E-state index < -0.39 is 0 Å². The molecule has 0 spiro atoms. The molecule has 2 heteroatoms. The fraction of sp³-hybridized carbons (Fsp3) is 0.625. The number of aliphatic hydroxyl groups is 1. The quantitative estimate of drug-likeness (QED) is 0.838. The Morgan fingerprint density at radius 2 is 2.00 bits per heavy atom. The summed E-state index contributed by atoms with van der Waals surface area (Å²) in [5, 5.41) is 12.9. The first-order valence-electron chi connectivity index (χ1n) is 7.08. The number of nitrogens with one attached hydrogen (secondary N) is 1. The Bertz CT molecular complexity index is 389. The van der Waals surface area contributed by atoms with Crippen molar-refractivity contribution in [2.75, 3.05) is 13.2 Å². The van der Waals surface area contributed by atoms with Crippen LogP contribution in [0.2, 0.25) is 0 Å². The molecule has 0 radical (unpaired) electrons. The first-order valence-corrected chi connectivity index (χ1v) is 7.08. The molecule has 0 aliphatic heterocycles. The van der Waals surface area contributed by atoms with Gasteiger partial charge < -0.3 is 10.4 Å². The van der Waals surface area contributed by atoms with Crippen LogP contribution in [0.3, 0.4) is 0 Å². The SMILES string of the molecule is Cc1ccc(CNCC2CCCC2CO)c(C)c1. The number of aliphatic hydroxyl groups excluding tert-OH is 1. The van der Waals surface area contributed by atoms with Gasteiger partial charge in [0.05, 0.1) is 0 Å². The number of hydrogen-bond acceptors (Lipinski definition) is 2. The van der Waals surface area contributed by atoms with Crippen molar-refractivity contribution in [1.29, 1.82) is 0 Å². The van der Waals surface area contributed by atoms with Crippen LogP contribution in [0.1, 0.15) is 36.0 Å². The maximum atomic E-state index is 9.30. The molecule has 2 atom stereocenters. The summed E-state index contributed by atoms with van der Waals surface area (Å²) in [6.07, 6.45) is 3.75. The van der Waals surface area contributed by atoms with Gasteiger partial charge in [-0.05, 0) is 56.2 Å². The van der Waals surface area contributed by atoms with Crippen LogP contribution >= 0.6 is 0 Å². The van der Waals surface area contributed by atoms with E-state index in [1.807, 2.05) is 0 Å². The van der Waals surface area contributed by atoms with Gasteiger partial charge >= 0.3 is 0 Å². The standard InChI is InChI=1S/C16H25NO/c1-12-6-7-14(13(2)8-12)9-17-10-15-4-3-5-16(15)11-18/h6-8,15-18H,3-5,9-11H2,1-2H3. The van der Waals surface area contributed by atoms with Gasteiger partial charge in [-0.25, -0.2) is 0 Å². The molecule has 1 aromatic carbocycles. The Labute approximate surface area is 110 Å². The summed E-state index contributed by atoms with van der Waals surface area (Å²) in [5.74, 6) is 1.19. The Hall–Kier alpha value is -0.860. The maximum Gasteiger partial charge on any atom is 0.0462 e. The third kappa shape index (κ3) is 3.33. The van der Waals surface area contributed by atoms with Crippen LogP contribution in [0.25, 0.3) is 0 Å². The molecule has 2 N–H and O–H groups in total. The van der Waals surface area contributed by atoms with Gasteiger partial charge in [0.25, 0.3) is 0 Å². The lowest BCUT2D eigenvalue weighted by molar-refractivity contribution is 0.192. The zero-order chi connectivity index (χ0) is 13.0. The highest BCUT2D eigenvalue weighted by atomic mass is 16.3. The molecule has 1 aromatic rings. The van der Waals surface area contributed by atoms with Crippen LogP contribution in [0.15, 0.2) is 18.2 Å². The predicted molar refractivity (Wildman–Crippen MR) is 75.5 cm³/mol. The second kappa shape index (κ2) is 6.35. The summed E-state index contributed by atoms with van der Waals surface area (Å²) in [4.78, 5) is 0. The summed E-state index contributed by atoms with van der Waals surface area (Å²) >= 11 is 0. The Morgan fingerprint density at radius 3 is 2.72 bits per heavy atom. The number of aryl methyl sites for hydroxylation is 2. The molecule has 0 amide bonds. The minimum absolute atomic E-state index is 0.357. The molecule has 18 heavy (non-hydrogen) atoms. The summed E-state index contributed by atoms with van der Waals surface area (Å²) < 4.78 is 0. The summed E-state index contributed by atoms with van der Waals surface area (Å²) in [6, 6.07) is 6.63. The Kier molecular flexibility index (Phi) is 4.79. The third-order valence-corrected chi connectivity index (χ3v) is 4.27. The molecule has 1 fully saturated rings. The molecule has 2 rings (SSSR count). The predicted octanol–water partition coefficient (Wildman–Crippen LogP) is 2.80. The van der Waals surface area contributed by atoms with E-state index in [1.54, 1.807) is 0 Å². The molecule has 1 saturated carbocycles. The van der Waals surface area contributed by atoms with E-state index in [0.717, 1.165) is 13.1 Å². The van der Waals surface area contributed by atoms with E-state index in [-0.39, 0.29) is 0 Å². The van der Waals surface area contributed by atoms with Gasteiger partial charge in [0.15, 0.2) is 0 Å². The average molecular weight is 247 g/mol. The first-order chi connectivity index (χ1) is 8.70. The van der Waals surface area contributed by atoms with Crippen molar-refractivity contribution >= 4 is 0 Å². The molecule has 1 aliphatic rings. The lowest BCUT2D eigenvalue weighted by Gasteiger charge is -2.18. The Balaban J connectivity index is 1.81. The second-order valence-corrected chi connectivity index (χ2v) is 5.69. The van der Waals surface area contributed by atoms with Gasteiger partial charge in [0, 0.05) is 13.2 Å². The highest BCUT2D eigenvalue weighted by Crippen LogP contribution is 2.30. The van der Waals surface area contributed by atoms with Crippen molar-refractivity contribution in [2.24, 2.45) is 11.8 Å². The van der Waals surface area contributed by atoms with E-state index in [4.69, 9.17) is 0 Å². The van der Waals surface area contributed by atoms with Crippen LogP contribution in [0.4, 0.5) is 0 Å². The number of benzene rings is 1. The van der Waals surface area contributed by atoms with Gasteiger partial charge in [-0.3, -0.25) is 0 Å². The summed E-state index contributed by atoms with van der Waals surface area (Å²) in [7, 11) is 0. The lowest BCUT2D eigenvalue weighted by atomic mass is 9.97. The van der Waals surface area contributed by atoms with Crippen LogP contribution in [0, 0.1) is 25.7 Å². The van der Waals surface area contributed by atoms with Crippen LogP contribution in [-0.4, -0.2) is 18.3 Å². The molecule has 0 bridgehead atoms. The van der Waals surface area contributed by atoms with Gasteiger partial charge in [-0.15, -0.1) is 0 Å². The number of hydrogen-bond donors (Lipinski definition) is 2. The van der Waals surface area contributed by atoms with E-state index in [2.05, 4.69) is 37.4 Å². The van der Waals surface area contributed by atoms with Crippen molar-refractivity contribution in [1.82, 2.24) is 5.32 Å². The van der Waals surface area contributed by atoms with E-state index >= 15 is 0 Å². The smallest absolute Gasteiger partial charge is 0.0462 e. The fourth-order valence-corrected chi connectivity index (χ4v) is 3.06. The minimum Gasteiger partial charge on any atom is -0.396 e. The van der Waals surface area contributed by atoms with Gasteiger partial charge in [-0.2, -0.15) is 0 Å². The summed E-state index contributed by atoms with van der Waals surface area (Å²) in [5.41, 5.74) is 4.08. The zero-order valence-corrected chi connectivity index (χ0v) is 11.6. The summed E-state index contributed by atoms with van der Waals surface area (Å²) in [6.45, 7) is 6.65. The molecule has 0 heterocycles. The molecule has 0 saturated heterocycles. The molecular weight excluding hydrogens is 222 g/mol. The van der Waals surface area contributed by atoms with E-state index in [1.165, 1.54) is 36.0 Å². The topological polar surface area (TPSA) is 32.3 Å². The highest BCUT2D eigenvalue weighted by Gasteiger charge is 2.25. The van der Waals surface area contributed by atoms with Gasteiger partial charge in [0.2, 0.25) is 0 Å². The average Bonchev–Trinajstić information content (AvgIpc) is 2.79.